The zero-order valence-corrected chi connectivity index (χ0v) is 11.4. The van der Waals surface area contributed by atoms with Gasteiger partial charge in [0.2, 0.25) is 0 Å². The summed E-state index contributed by atoms with van der Waals surface area (Å²) < 4.78 is 0. The molecule has 0 spiro atoms. The molecule has 1 fully saturated rings. The van der Waals surface area contributed by atoms with E-state index in [9.17, 15) is 0 Å². The number of fused-ring (bicyclic) bond motifs is 1. The number of hydrogen-bond donors (Lipinski definition) is 1. The summed E-state index contributed by atoms with van der Waals surface area (Å²) in [5.41, 5.74) is 2.86. The Morgan fingerprint density at radius 2 is 2.06 bits per heavy atom. The van der Waals surface area contributed by atoms with Crippen LogP contribution in [0, 0.1) is 5.92 Å². The highest BCUT2D eigenvalue weighted by molar-refractivity contribution is 5.30. The molecule has 2 aliphatic carbocycles. The van der Waals surface area contributed by atoms with Gasteiger partial charge >= 0.3 is 0 Å². The smallest absolute Gasteiger partial charge is 0.0482 e. The van der Waals surface area contributed by atoms with Crippen LogP contribution in [0.5, 0.6) is 0 Å². The summed E-state index contributed by atoms with van der Waals surface area (Å²) in [4.78, 5) is 4.66. The Kier molecular flexibility index (Phi) is 3.64. The van der Waals surface area contributed by atoms with E-state index in [1.54, 1.807) is 0 Å². The number of hydrogen-bond acceptors (Lipinski definition) is 2. The zero-order chi connectivity index (χ0) is 12.4. The third-order valence-electron chi connectivity index (χ3n) is 4.93. The Morgan fingerprint density at radius 1 is 1.22 bits per heavy atom. The number of likely N-dealkylation sites (N-methyl/N-ethyl adjacent to an activating group) is 1. The maximum absolute atomic E-state index is 4.66. The van der Waals surface area contributed by atoms with Crippen molar-refractivity contribution in [3.63, 3.8) is 0 Å². The molecule has 1 N–H and O–H groups in total. The van der Waals surface area contributed by atoms with E-state index in [0.717, 1.165) is 5.92 Å². The van der Waals surface area contributed by atoms with Gasteiger partial charge in [-0.1, -0.05) is 25.3 Å². The highest BCUT2D eigenvalue weighted by Crippen LogP contribution is 2.39. The first-order valence-electron chi connectivity index (χ1n) is 7.51. The number of aryl methyl sites for hydroxylation is 1. The van der Waals surface area contributed by atoms with E-state index in [-0.39, 0.29) is 0 Å². The molecule has 2 atom stereocenters. The molecule has 0 aromatic carbocycles. The van der Waals surface area contributed by atoms with E-state index in [1.807, 2.05) is 6.20 Å². The van der Waals surface area contributed by atoms with Crippen LogP contribution in [-0.4, -0.2) is 18.1 Å². The van der Waals surface area contributed by atoms with Gasteiger partial charge in [-0.3, -0.25) is 4.98 Å². The molecule has 2 aliphatic rings. The molecule has 0 bridgehead atoms. The van der Waals surface area contributed by atoms with Crippen LogP contribution in [0.15, 0.2) is 18.3 Å². The van der Waals surface area contributed by atoms with Gasteiger partial charge in [0.05, 0.1) is 0 Å². The first-order valence-corrected chi connectivity index (χ1v) is 7.51. The highest BCUT2D eigenvalue weighted by Gasteiger charge is 2.35. The fourth-order valence-corrected chi connectivity index (χ4v) is 4.05. The van der Waals surface area contributed by atoms with Gasteiger partial charge in [0.15, 0.2) is 0 Å². The molecule has 2 heteroatoms. The fraction of sp³-hybridized carbons (Fsp3) is 0.688. The molecular weight excluding hydrogens is 220 g/mol. The maximum Gasteiger partial charge on any atom is 0.0482 e. The molecular formula is C16H24N2. The fourth-order valence-electron chi connectivity index (χ4n) is 4.05. The van der Waals surface area contributed by atoms with E-state index in [4.69, 9.17) is 0 Å². The Morgan fingerprint density at radius 3 is 2.83 bits per heavy atom. The van der Waals surface area contributed by atoms with Crippen molar-refractivity contribution >= 4 is 0 Å². The first-order chi connectivity index (χ1) is 8.90. The number of pyridine rings is 1. The van der Waals surface area contributed by atoms with Crippen molar-refractivity contribution in [3.05, 3.63) is 29.6 Å². The molecule has 2 unspecified atom stereocenters. The summed E-state index contributed by atoms with van der Waals surface area (Å²) >= 11 is 0. The van der Waals surface area contributed by atoms with Gasteiger partial charge in [-0.25, -0.2) is 0 Å². The predicted molar refractivity (Wildman–Crippen MR) is 74.7 cm³/mol. The first kappa shape index (κ1) is 12.2. The van der Waals surface area contributed by atoms with Crippen LogP contribution in [0.1, 0.15) is 55.7 Å². The standard InChI is InChI=1S/C16H24N2/c1-17-15(12-6-3-2-4-7-12)14-10-9-13-8-5-11-18-16(13)14/h5,8,11-12,14-15,17H,2-4,6-7,9-10H2,1H3. The van der Waals surface area contributed by atoms with Crippen LogP contribution >= 0.6 is 0 Å². The normalized spacial score (nSPS) is 25.9. The predicted octanol–water partition coefficient (Wildman–Crippen LogP) is 3.28. The van der Waals surface area contributed by atoms with Crippen LogP contribution in [0.3, 0.4) is 0 Å². The summed E-state index contributed by atoms with van der Waals surface area (Å²) in [7, 11) is 2.14. The van der Waals surface area contributed by atoms with Crippen LogP contribution < -0.4 is 5.32 Å². The van der Waals surface area contributed by atoms with E-state index < -0.39 is 0 Å². The molecule has 0 saturated heterocycles. The van der Waals surface area contributed by atoms with E-state index >= 15 is 0 Å². The Labute approximate surface area is 110 Å². The summed E-state index contributed by atoms with van der Waals surface area (Å²) in [6.07, 6.45) is 11.6. The third kappa shape index (κ3) is 2.18. The number of nitrogens with one attached hydrogen (secondary N) is 1. The Balaban J connectivity index is 1.80. The minimum atomic E-state index is 0.640. The maximum atomic E-state index is 4.66. The third-order valence-corrected chi connectivity index (χ3v) is 4.93. The monoisotopic (exact) mass is 244 g/mol. The average Bonchev–Trinajstić information content (AvgIpc) is 2.85. The van der Waals surface area contributed by atoms with Gasteiger partial charge in [-0.05, 0) is 50.3 Å². The van der Waals surface area contributed by atoms with Crippen molar-refractivity contribution < 1.29 is 0 Å². The lowest BCUT2D eigenvalue weighted by molar-refractivity contribution is 0.246. The van der Waals surface area contributed by atoms with Crippen molar-refractivity contribution in [1.82, 2.24) is 10.3 Å². The topological polar surface area (TPSA) is 24.9 Å². The van der Waals surface area contributed by atoms with Crippen LogP contribution in [0.25, 0.3) is 0 Å². The van der Waals surface area contributed by atoms with Crippen LogP contribution in [0.4, 0.5) is 0 Å². The summed E-state index contributed by atoms with van der Waals surface area (Å²) in [5, 5.41) is 3.61. The second-order valence-electron chi connectivity index (χ2n) is 5.91. The Bertz CT molecular complexity index is 396. The SMILES string of the molecule is CNC(C1CCCCC1)C1CCc2cccnc21. The molecule has 98 valence electrons. The second-order valence-corrected chi connectivity index (χ2v) is 5.91. The lowest BCUT2D eigenvalue weighted by atomic mass is 9.78. The van der Waals surface area contributed by atoms with Crippen LogP contribution in [-0.2, 0) is 6.42 Å². The quantitative estimate of drug-likeness (QED) is 0.882. The van der Waals surface area contributed by atoms with Gasteiger partial charge in [0.25, 0.3) is 0 Å². The van der Waals surface area contributed by atoms with Gasteiger partial charge in [0, 0.05) is 23.9 Å². The number of aromatic nitrogens is 1. The zero-order valence-electron chi connectivity index (χ0n) is 11.4. The summed E-state index contributed by atoms with van der Waals surface area (Å²) in [5.74, 6) is 1.51. The van der Waals surface area contributed by atoms with Crippen molar-refractivity contribution in [3.8, 4) is 0 Å². The number of nitrogens with zero attached hydrogens (tertiary/aromatic N) is 1. The molecule has 2 nitrogen and oxygen atoms in total. The van der Waals surface area contributed by atoms with Gasteiger partial charge in [0.1, 0.15) is 0 Å². The van der Waals surface area contributed by atoms with Crippen molar-refractivity contribution in [2.24, 2.45) is 5.92 Å². The van der Waals surface area contributed by atoms with Crippen molar-refractivity contribution in [2.75, 3.05) is 7.05 Å². The lowest BCUT2D eigenvalue weighted by Gasteiger charge is -2.34. The molecule has 1 aromatic rings. The molecule has 0 amide bonds. The van der Waals surface area contributed by atoms with E-state index in [2.05, 4.69) is 29.5 Å². The highest BCUT2D eigenvalue weighted by atomic mass is 14.9. The summed E-state index contributed by atoms with van der Waals surface area (Å²) in [6.45, 7) is 0. The molecule has 0 radical (unpaired) electrons. The van der Waals surface area contributed by atoms with Crippen LogP contribution in [0.2, 0.25) is 0 Å². The van der Waals surface area contributed by atoms with Gasteiger partial charge in [-0.2, -0.15) is 0 Å². The van der Waals surface area contributed by atoms with E-state index in [0.29, 0.717) is 12.0 Å². The second kappa shape index (κ2) is 5.40. The molecule has 3 rings (SSSR count). The van der Waals surface area contributed by atoms with Crippen molar-refractivity contribution in [2.45, 2.75) is 56.9 Å². The molecule has 1 aromatic heterocycles. The largest absolute Gasteiger partial charge is 0.316 e. The number of rotatable bonds is 3. The average molecular weight is 244 g/mol. The van der Waals surface area contributed by atoms with Crippen molar-refractivity contribution in [1.29, 1.82) is 0 Å². The molecule has 18 heavy (non-hydrogen) atoms. The minimum absolute atomic E-state index is 0.640. The Hall–Kier alpha value is -0.890. The summed E-state index contributed by atoms with van der Waals surface area (Å²) in [6, 6.07) is 4.98. The lowest BCUT2D eigenvalue weighted by Crippen LogP contribution is -2.39. The van der Waals surface area contributed by atoms with E-state index in [1.165, 1.54) is 56.2 Å². The van der Waals surface area contributed by atoms with Gasteiger partial charge < -0.3 is 5.32 Å². The molecule has 0 aliphatic heterocycles. The minimum Gasteiger partial charge on any atom is -0.316 e. The molecule has 1 heterocycles. The van der Waals surface area contributed by atoms with Gasteiger partial charge in [-0.15, -0.1) is 0 Å². The molecule has 1 saturated carbocycles.